The van der Waals surface area contributed by atoms with E-state index in [1.54, 1.807) is 0 Å². The van der Waals surface area contributed by atoms with Gasteiger partial charge < -0.3 is 20.6 Å². The van der Waals surface area contributed by atoms with Crippen molar-refractivity contribution in [2.24, 2.45) is 0 Å². The van der Waals surface area contributed by atoms with Gasteiger partial charge in [-0.1, -0.05) is 29.8 Å². The van der Waals surface area contributed by atoms with Crippen LogP contribution < -0.4 is 10.0 Å². The monoisotopic (exact) mass is 524 g/mol. The molecule has 0 radical (unpaired) electrons. The van der Waals surface area contributed by atoms with E-state index in [1.807, 2.05) is 0 Å². The van der Waals surface area contributed by atoms with E-state index in [1.165, 1.54) is 32.0 Å². The fraction of sp³-hybridized carbons (Fsp3) is 0.381. The number of alkyl halides is 3. The number of halogens is 4. The highest BCUT2D eigenvalue weighted by atomic mass is 35.5. The van der Waals surface area contributed by atoms with Gasteiger partial charge in [-0.25, -0.2) is 13.1 Å². The Bertz CT molecular complexity index is 1170. The number of carbonyl (C=O) groups is 1. The number of sulfonamides is 1. The number of phenols is 1. The Morgan fingerprint density at radius 3 is 2.29 bits per heavy atom. The Kier molecular flexibility index (Phi) is 8.26. The van der Waals surface area contributed by atoms with Gasteiger partial charge in [-0.05, 0) is 50.1 Å². The fourth-order valence-electron chi connectivity index (χ4n) is 3.13. The predicted molar refractivity (Wildman–Crippen MR) is 118 cm³/mol. The molecule has 0 heterocycles. The number of phenolic OH excluding ortho intramolecular Hbond substituents is 1. The van der Waals surface area contributed by atoms with E-state index in [0.29, 0.717) is 6.92 Å². The summed E-state index contributed by atoms with van der Waals surface area (Å²) in [7, 11) is -4.20. The molecule has 0 aliphatic heterocycles. The minimum atomic E-state index is -5.23. The Morgan fingerprint density at radius 1 is 1.18 bits per heavy atom. The first-order valence-corrected chi connectivity index (χ1v) is 11.7. The maximum Gasteiger partial charge on any atom is 0.419 e. The molecule has 5 N–H and O–H groups in total. The summed E-state index contributed by atoms with van der Waals surface area (Å²) in [4.78, 5) is 12.3. The van der Waals surface area contributed by atoms with Crippen LogP contribution in [0.4, 0.5) is 13.2 Å². The molecular weight excluding hydrogens is 501 g/mol. The van der Waals surface area contributed by atoms with Crippen LogP contribution in [0, 0.1) is 6.92 Å². The third kappa shape index (κ3) is 5.63. The van der Waals surface area contributed by atoms with Crippen LogP contribution in [0.25, 0.3) is 0 Å². The van der Waals surface area contributed by atoms with Crippen molar-refractivity contribution in [3.05, 3.63) is 58.1 Å². The van der Waals surface area contributed by atoms with Crippen LogP contribution in [0.5, 0.6) is 5.75 Å². The molecule has 0 aliphatic rings. The topological polar surface area (TPSA) is 136 Å². The lowest BCUT2D eigenvalue weighted by Gasteiger charge is -2.36. The standard InChI is InChI=1S/C21H24ClF3N2O6S/c1-11(10-28)27-34(32,33)16-9-8-14(17(22)12(16)2)18(20(3,31)21(23,24)25)26-19(30)13-6-4-5-7-15(13)29/h4-9,11,18,27-29,31H,10H2,1-3H3,(H,26,30). The Balaban J connectivity index is 2.63. The van der Waals surface area contributed by atoms with E-state index < -0.39 is 62.7 Å². The molecule has 0 aliphatic carbocycles. The fourth-order valence-corrected chi connectivity index (χ4v) is 4.94. The van der Waals surface area contributed by atoms with Crippen LogP contribution in [-0.2, 0) is 10.0 Å². The molecule has 3 unspecified atom stereocenters. The van der Waals surface area contributed by atoms with Gasteiger partial charge in [-0.15, -0.1) is 0 Å². The van der Waals surface area contributed by atoms with Gasteiger partial charge in [-0.3, -0.25) is 4.79 Å². The molecule has 2 rings (SSSR count). The number of benzene rings is 2. The Hall–Kier alpha value is -2.38. The number of rotatable bonds is 8. The van der Waals surface area contributed by atoms with Crippen molar-refractivity contribution < 1.29 is 41.7 Å². The van der Waals surface area contributed by atoms with Crippen LogP contribution in [0.3, 0.4) is 0 Å². The zero-order chi connectivity index (χ0) is 26.1. The van der Waals surface area contributed by atoms with Crippen molar-refractivity contribution in [3.63, 3.8) is 0 Å². The van der Waals surface area contributed by atoms with Crippen LogP contribution in [0.2, 0.25) is 5.02 Å². The molecule has 0 spiro atoms. The second-order valence-corrected chi connectivity index (χ2v) is 9.93. The maximum atomic E-state index is 13.8. The number of aliphatic hydroxyl groups is 2. The van der Waals surface area contributed by atoms with Gasteiger partial charge in [0, 0.05) is 6.04 Å². The Labute approximate surface area is 199 Å². The average Bonchev–Trinajstić information content (AvgIpc) is 2.72. The quantitative estimate of drug-likeness (QED) is 0.360. The van der Waals surface area contributed by atoms with Crippen LogP contribution >= 0.6 is 11.6 Å². The van der Waals surface area contributed by atoms with Crippen LogP contribution in [0.1, 0.15) is 41.4 Å². The zero-order valence-corrected chi connectivity index (χ0v) is 19.9. The van der Waals surface area contributed by atoms with Gasteiger partial charge in [0.05, 0.1) is 28.1 Å². The van der Waals surface area contributed by atoms with Gasteiger partial charge in [0.25, 0.3) is 5.91 Å². The maximum absolute atomic E-state index is 13.8. The molecule has 0 aromatic heterocycles. The lowest BCUT2D eigenvalue weighted by atomic mass is 9.88. The van der Waals surface area contributed by atoms with E-state index in [0.717, 1.165) is 18.2 Å². The molecule has 8 nitrogen and oxygen atoms in total. The van der Waals surface area contributed by atoms with E-state index in [-0.39, 0.29) is 16.0 Å². The van der Waals surface area contributed by atoms with Gasteiger partial charge in [0.2, 0.25) is 10.0 Å². The second-order valence-electron chi connectivity index (χ2n) is 7.87. The third-order valence-electron chi connectivity index (χ3n) is 5.16. The van der Waals surface area contributed by atoms with Gasteiger partial charge >= 0.3 is 6.18 Å². The summed E-state index contributed by atoms with van der Waals surface area (Å²) in [6, 6.07) is 4.01. The summed E-state index contributed by atoms with van der Waals surface area (Å²) in [6.07, 6.45) is -5.23. The summed E-state index contributed by atoms with van der Waals surface area (Å²) < 4.78 is 68.7. The molecule has 2 aromatic carbocycles. The first kappa shape index (κ1) is 27.9. The average molecular weight is 525 g/mol. The number of aliphatic hydroxyl groups excluding tert-OH is 1. The normalized spacial score (nSPS) is 15.9. The highest BCUT2D eigenvalue weighted by Crippen LogP contribution is 2.43. The molecule has 188 valence electrons. The summed E-state index contributed by atoms with van der Waals surface area (Å²) in [5.74, 6) is -1.63. The van der Waals surface area contributed by atoms with Crippen molar-refractivity contribution >= 4 is 27.5 Å². The number of hydrogen-bond donors (Lipinski definition) is 5. The highest BCUT2D eigenvalue weighted by Gasteiger charge is 2.56. The largest absolute Gasteiger partial charge is 0.507 e. The number of aromatic hydroxyl groups is 1. The van der Waals surface area contributed by atoms with E-state index in [2.05, 4.69) is 10.0 Å². The molecule has 0 saturated heterocycles. The third-order valence-corrected chi connectivity index (χ3v) is 7.39. The minimum absolute atomic E-state index is 0.142. The molecule has 34 heavy (non-hydrogen) atoms. The number of carbonyl (C=O) groups excluding carboxylic acids is 1. The first-order valence-electron chi connectivity index (χ1n) is 9.84. The van der Waals surface area contributed by atoms with Crippen molar-refractivity contribution in [2.75, 3.05) is 6.61 Å². The van der Waals surface area contributed by atoms with Crippen molar-refractivity contribution in [3.8, 4) is 5.75 Å². The molecule has 0 bridgehead atoms. The predicted octanol–water partition coefficient (Wildman–Crippen LogP) is 2.80. The lowest BCUT2D eigenvalue weighted by Crippen LogP contribution is -2.53. The van der Waals surface area contributed by atoms with Gasteiger partial charge in [-0.2, -0.15) is 13.2 Å². The molecule has 3 atom stereocenters. The Morgan fingerprint density at radius 2 is 1.76 bits per heavy atom. The van der Waals surface area contributed by atoms with E-state index >= 15 is 0 Å². The van der Waals surface area contributed by atoms with Crippen LogP contribution in [0.15, 0.2) is 41.3 Å². The second kappa shape index (κ2) is 10.1. The van der Waals surface area contributed by atoms with E-state index in [9.17, 15) is 36.6 Å². The number of hydrogen-bond acceptors (Lipinski definition) is 6. The van der Waals surface area contributed by atoms with Crippen molar-refractivity contribution in [1.29, 1.82) is 0 Å². The first-order chi connectivity index (χ1) is 15.5. The summed E-state index contributed by atoms with van der Waals surface area (Å²) >= 11 is 6.27. The number of nitrogens with one attached hydrogen (secondary N) is 2. The highest BCUT2D eigenvalue weighted by molar-refractivity contribution is 7.89. The van der Waals surface area contributed by atoms with Crippen molar-refractivity contribution in [1.82, 2.24) is 10.0 Å². The molecule has 13 heteroatoms. The zero-order valence-electron chi connectivity index (χ0n) is 18.3. The van der Waals surface area contributed by atoms with Crippen LogP contribution in [-0.4, -0.2) is 54.1 Å². The lowest BCUT2D eigenvalue weighted by molar-refractivity contribution is -0.263. The molecule has 2 aromatic rings. The van der Waals surface area contributed by atoms with Gasteiger partial charge in [0.1, 0.15) is 5.75 Å². The molecule has 0 fully saturated rings. The summed E-state index contributed by atoms with van der Waals surface area (Å²) in [5, 5.41) is 31.0. The number of para-hydroxylation sites is 1. The summed E-state index contributed by atoms with van der Waals surface area (Å²) in [5.41, 5.74) is -4.43. The smallest absolute Gasteiger partial charge is 0.419 e. The molecular formula is C21H24ClF3N2O6S. The molecule has 1 amide bonds. The van der Waals surface area contributed by atoms with E-state index in [4.69, 9.17) is 16.7 Å². The SMILES string of the molecule is Cc1c(S(=O)(=O)NC(C)CO)ccc(C(NC(=O)c2ccccc2O)C(C)(O)C(F)(F)F)c1Cl. The number of amides is 1. The minimum Gasteiger partial charge on any atom is -0.507 e. The summed E-state index contributed by atoms with van der Waals surface area (Å²) in [6.45, 7) is 2.57. The van der Waals surface area contributed by atoms with Crippen molar-refractivity contribution in [2.45, 2.75) is 49.5 Å². The van der Waals surface area contributed by atoms with Gasteiger partial charge in [0.15, 0.2) is 5.60 Å². The molecule has 0 saturated carbocycles.